The van der Waals surface area contributed by atoms with Crippen LogP contribution in [0.5, 0.6) is 0 Å². The Hall–Kier alpha value is -0.820. The van der Waals surface area contributed by atoms with Gasteiger partial charge in [0.05, 0.1) is 0 Å². The molecule has 0 aromatic carbocycles. The molecule has 1 rings (SSSR count). The van der Waals surface area contributed by atoms with Gasteiger partial charge in [-0.25, -0.2) is 9.97 Å². The maximum Gasteiger partial charge on any atom is 0.402 e. The number of aromatic nitrogens is 2. The normalized spacial score (nSPS) is 15.7. The smallest absolute Gasteiger partial charge is 0.327 e. The first-order valence-corrected chi connectivity index (χ1v) is 5.89. The van der Waals surface area contributed by atoms with Crippen molar-refractivity contribution in [3.05, 3.63) is 17.5 Å². The first-order valence-electron chi connectivity index (χ1n) is 5.01. The van der Waals surface area contributed by atoms with Crippen LogP contribution in [0.15, 0.2) is 11.2 Å². The van der Waals surface area contributed by atoms with Gasteiger partial charge in [0.1, 0.15) is 5.25 Å². The molecule has 1 aromatic heterocycles. The van der Waals surface area contributed by atoms with E-state index in [9.17, 15) is 13.2 Å². The summed E-state index contributed by atoms with van der Waals surface area (Å²) in [6.45, 7) is 4.76. The van der Waals surface area contributed by atoms with Crippen molar-refractivity contribution in [2.45, 2.75) is 43.4 Å². The third-order valence-electron chi connectivity index (χ3n) is 1.99. The Morgan fingerprint density at radius 2 is 1.71 bits per heavy atom. The van der Waals surface area contributed by atoms with Gasteiger partial charge in [0.25, 0.3) is 0 Å². The van der Waals surface area contributed by atoms with E-state index in [0.717, 1.165) is 0 Å². The highest BCUT2D eigenvalue weighted by Gasteiger charge is 2.43. The Balaban J connectivity index is 2.94. The van der Waals surface area contributed by atoms with Crippen molar-refractivity contribution < 1.29 is 13.2 Å². The summed E-state index contributed by atoms with van der Waals surface area (Å²) >= 11 is 0.560. The fourth-order valence-corrected chi connectivity index (χ4v) is 2.30. The van der Waals surface area contributed by atoms with E-state index in [-0.39, 0.29) is 5.16 Å². The van der Waals surface area contributed by atoms with E-state index < -0.39 is 17.5 Å². The minimum Gasteiger partial charge on any atom is -0.327 e. The van der Waals surface area contributed by atoms with Crippen LogP contribution in [0.1, 0.15) is 18.3 Å². The molecule has 17 heavy (non-hydrogen) atoms. The fourth-order valence-electron chi connectivity index (χ4n) is 1.33. The zero-order chi connectivity index (χ0) is 13.2. The molecule has 1 heterocycles. The van der Waals surface area contributed by atoms with Crippen molar-refractivity contribution in [3.8, 4) is 0 Å². The lowest BCUT2D eigenvalue weighted by Crippen LogP contribution is -2.40. The van der Waals surface area contributed by atoms with E-state index >= 15 is 0 Å². The van der Waals surface area contributed by atoms with E-state index in [2.05, 4.69) is 9.97 Å². The summed E-state index contributed by atoms with van der Waals surface area (Å²) < 4.78 is 38.1. The third kappa shape index (κ3) is 4.16. The molecule has 0 aliphatic heterocycles. The molecular weight excluding hydrogens is 251 g/mol. The Morgan fingerprint density at radius 1 is 1.24 bits per heavy atom. The number of rotatable bonds is 3. The van der Waals surface area contributed by atoms with Crippen molar-refractivity contribution >= 4 is 11.8 Å². The number of nitrogens with zero attached hydrogens (tertiary/aromatic N) is 2. The molecule has 0 aliphatic rings. The molecule has 0 amide bonds. The Labute approximate surface area is 102 Å². The highest BCUT2D eigenvalue weighted by atomic mass is 32.2. The van der Waals surface area contributed by atoms with Crippen molar-refractivity contribution in [3.63, 3.8) is 0 Å². The molecule has 1 aromatic rings. The number of halogens is 3. The minimum atomic E-state index is -4.36. The van der Waals surface area contributed by atoms with Crippen LogP contribution in [-0.2, 0) is 0 Å². The van der Waals surface area contributed by atoms with E-state index in [1.54, 1.807) is 19.9 Å². The van der Waals surface area contributed by atoms with Crippen LogP contribution in [-0.4, -0.2) is 27.4 Å². The lowest BCUT2D eigenvalue weighted by atomic mass is 10.2. The van der Waals surface area contributed by atoms with Crippen LogP contribution < -0.4 is 5.73 Å². The Kier molecular flexibility index (Phi) is 4.37. The topological polar surface area (TPSA) is 51.8 Å². The van der Waals surface area contributed by atoms with Gasteiger partial charge in [0.15, 0.2) is 5.16 Å². The molecular formula is C10H14F3N3S. The average Bonchev–Trinajstić information content (AvgIpc) is 2.10. The van der Waals surface area contributed by atoms with Crippen LogP contribution in [0.3, 0.4) is 0 Å². The summed E-state index contributed by atoms with van der Waals surface area (Å²) in [6.07, 6.45) is -4.36. The quantitative estimate of drug-likeness (QED) is 0.674. The molecule has 0 radical (unpaired) electrons. The number of thioether (sulfide) groups is 1. The second-order valence-electron chi connectivity index (χ2n) is 3.87. The number of hydrogen-bond acceptors (Lipinski definition) is 4. The van der Waals surface area contributed by atoms with Crippen LogP contribution in [0.4, 0.5) is 13.2 Å². The molecule has 7 heteroatoms. The molecule has 0 spiro atoms. The van der Waals surface area contributed by atoms with Crippen molar-refractivity contribution in [2.24, 2.45) is 5.73 Å². The maximum absolute atomic E-state index is 12.7. The summed E-state index contributed by atoms with van der Waals surface area (Å²) in [5.41, 5.74) is 6.64. The number of alkyl halides is 3. The molecule has 2 N–H and O–H groups in total. The number of hydrogen-bond donors (Lipinski definition) is 1. The highest BCUT2D eigenvalue weighted by Crippen LogP contribution is 2.35. The summed E-state index contributed by atoms with van der Waals surface area (Å²) in [4.78, 5) is 7.93. The highest BCUT2D eigenvalue weighted by molar-refractivity contribution is 7.99. The summed E-state index contributed by atoms with van der Waals surface area (Å²) in [6, 6.07) is 0.697. The van der Waals surface area contributed by atoms with E-state index in [1.807, 2.05) is 0 Å². The van der Waals surface area contributed by atoms with Gasteiger partial charge in [0, 0.05) is 17.4 Å². The molecule has 0 fully saturated rings. The first kappa shape index (κ1) is 14.2. The van der Waals surface area contributed by atoms with Gasteiger partial charge in [-0.1, -0.05) is 11.8 Å². The zero-order valence-corrected chi connectivity index (χ0v) is 10.6. The zero-order valence-electron chi connectivity index (χ0n) is 9.75. The molecule has 2 unspecified atom stereocenters. The molecule has 0 saturated carbocycles. The monoisotopic (exact) mass is 265 g/mol. The van der Waals surface area contributed by atoms with Crippen LogP contribution >= 0.6 is 11.8 Å². The largest absolute Gasteiger partial charge is 0.402 e. The van der Waals surface area contributed by atoms with Gasteiger partial charge < -0.3 is 5.73 Å². The van der Waals surface area contributed by atoms with E-state index in [1.165, 1.54) is 6.92 Å². The van der Waals surface area contributed by atoms with Gasteiger partial charge in [-0.2, -0.15) is 13.2 Å². The van der Waals surface area contributed by atoms with E-state index in [0.29, 0.717) is 23.1 Å². The molecule has 2 atom stereocenters. The Morgan fingerprint density at radius 3 is 2.06 bits per heavy atom. The predicted octanol–water partition coefficient (Wildman–Crippen LogP) is 2.46. The molecule has 0 bridgehead atoms. The predicted molar refractivity (Wildman–Crippen MR) is 60.9 cm³/mol. The lowest BCUT2D eigenvalue weighted by molar-refractivity contribution is -0.131. The SMILES string of the molecule is Cc1cc(C)nc(SC(C(C)N)C(F)(F)F)n1. The summed E-state index contributed by atoms with van der Waals surface area (Å²) in [5.74, 6) is 0. The molecule has 96 valence electrons. The van der Waals surface area contributed by atoms with E-state index in [4.69, 9.17) is 5.73 Å². The fraction of sp³-hybridized carbons (Fsp3) is 0.600. The lowest BCUT2D eigenvalue weighted by Gasteiger charge is -2.22. The van der Waals surface area contributed by atoms with Crippen molar-refractivity contribution in [1.29, 1.82) is 0 Å². The van der Waals surface area contributed by atoms with Gasteiger partial charge in [-0.15, -0.1) is 0 Å². The third-order valence-corrected chi connectivity index (χ3v) is 3.34. The van der Waals surface area contributed by atoms with Crippen LogP contribution in [0.2, 0.25) is 0 Å². The van der Waals surface area contributed by atoms with Crippen molar-refractivity contribution in [1.82, 2.24) is 9.97 Å². The van der Waals surface area contributed by atoms with Gasteiger partial charge in [0.2, 0.25) is 0 Å². The Bertz CT molecular complexity index is 373. The second-order valence-corrected chi connectivity index (χ2v) is 4.98. The van der Waals surface area contributed by atoms with Gasteiger partial charge in [-0.05, 0) is 26.8 Å². The van der Waals surface area contributed by atoms with Crippen LogP contribution in [0, 0.1) is 13.8 Å². The number of aryl methyl sites for hydroxylation is 2. The summed E-state index contributed by atoms with van der Waals surface area (Å²) in [7, 11) is 0. The first-order chi connectivity index (χ1) is 7.70. The van der Waals surface area contributed by atoms with Crippen molar-refractivity contribution in [2.75, 3.05) is 0 Å². The van der Waals surface area contributed by atoms with Crippen LogP contribution in [0.25, 0.3) is 0 Å². The van der Waals surface area contributed by atoms with Gasteiger partial charge in [-0.3, -0.25) is 0 Å². The standard InChI is InChI=1S/C10H14F3N3S/c1-5-4-6(2)16-9(15-5)17-8(7(3)14)10(11,12)13/h4,7-8H,14H2,1-3H3. The number of nitrogens with two attached hydrogens (primary N) is 1. The minimum absolute atomic E-state index is 0.113. The molecule has 0 saturated heterocycles. The maximum atomic E-state index is 12.7. The molecule has 0 aliphatic carbocycles. The average molecular weight is 265 g/mol. The second kappa shape index (κ2) is 5.22. The van der Waals surface area contributed by atoms with Gasteiger partial charge >= 0.3 is 6.18 Å². The summed E-state index contributed by atoms with van der Waals surface area (Å²) in [5, 5.41) is -1.58. The molecule has 3 nitrogen and oxygen atoms in total.